The summed E-state index contributed by atoms with van der Waals surface area (Å²) in [6.45, 7) is 0.335. The van der Waals surface area contributed by atoms with Crippen molar-refractivity contribution in [3.8, 4) is 6.01 Å². The van der Waals surface area contributed by atoms with Crippen LogP contribution in [0.25, 0.3) is 0 Å². The maximum atomic E-state index is 13.1. The topological polar surface area (TPSA) is 59.9 Å². The van der Waals surface area contributed by atoms with Crippen LogP contribution >= 0.6 is 27.5 Å². The lowest BCUT2D eigenvalue weighted by atomic mass is 10.2. The van der Waals surface area contributed by atoms with Crippen molar-refractivity contribution in [2.24, 2.45) is 0 Å². The second-order valence-corrected chi connectivity index (χ2v) is 4.70. The van der Waals surface area contributed by atoms with E-state index in [0.717, 1.165) is 10.0 Å². The zero-order chi connectivity index (χ0) is 13.8. The fraction of sp³-hybridized carbons (Fsp3) is 0.182. The first-order valence-corrected chi connectivity index (χ1v) is 6.39. The minimum absolute atomic E-state index is 0.0210. The van der Waals surface area contributed by atoms with Crippen LogP contribution in [0.3, 0.4) is 0 Å². The minimum Gasteiger partial charge on any atom is -0.467 e. The Morgan fingerprint density at radius 1 is 1.37 bits per heavy atom. The molecule has 5 nitrogen and oxygen atoms in total. The molecule has 1 aromatic heterocycles. The van der Waals surface area contributed by atoms with E-state index in [2.05, 4.69) is 36.2 Å². The van der Waals surface area contributed by atoms with Gasteiger partial charge in [0.15, 0.2) is 0 Å². The summed E-state index contributed by atoms with van der Waals surface area (Å²) in [6, 6.07) is 4.53. The molecule has 1 N–H and O–H groups in total. The molecule has 8 heteroatoms. The number of ether oxygens (including phenoxy) is 1. The van der Waals surface area contributed by atoms with Crippen molar-refractivity contribution in [3.05, 3.63) is 39.3 Å². The first-order valence-electron chi connectivity index (χ1n) is 5.22. The van der Waals surface area contributed by atoms with E-state index < -0.39 is 0 Å². The zero-order valence-corrected chi connectivity index (χ0v) is 12.2. The number of nitrogens with one attached hydrogen (secondary N) is 1. The van der Waals surface area contributed by atoms with Crippen LogP contribution in [0.1, 0.15) is 5.56 Å². The van der Waals surface area contributed by atoms with Gasteiger partial charge in [-0.2, -0.15) is 15.0 Å². The van der Waals surface area contributed by atoms with Crippen LogP contribution in [0.2, 0.25) is 5.28 Å². The van der Waals surface area contributed by atoms with Crippen LogP contribution in [-0.2, 0) is 6.54 Å². The highest BCUT2D eigenvalue weighted by Gasteiger charge is 2.06. The maximum absolute atomic E-state index is 13.1. The predicted molar refractivity (Wildman–Crippen MR) is 72.8 cm³/mol. The summed E-state index contributed by atoms with van der Waals surface area (Å²) in [7, 11) is 1.43. The van der Waals surface area contributed by atoms with Gasteiger partial charge in [0.25, 0.3) is 0 Å². The molecule has 0 fully saturated rings. The third-order valence-corrected chi connectivity index (χ3v) is 3.16. The SMILES string of the molecule is COc1nc(Cl)nc(NCc2cc(F)ccc2Br)n1. The van der Waals surface area contributed by atoms with Crippen molar-refractivity contribution < 1.29 is 9.13 Å². The van der Waals surface area contributed by atoms with Crippen molar-refractivity contribution in [1.82, 2.24) is 15.0 Å². The number of rotatable bonds is 4. The van der Waals surface area contributed by atoms with Gasteiger partial charge in [0.05, 0.1) is 7.11 Å². The second-order valence-electron chi connectivity index (χ2n) is 3.50. The van der Waals surface area contributed by atoms with Crippen LogP contribution < -0.4 is 10.1 Å². The molecule has 0 saturated carbocycles. The number of hydrogen-bond donors (Lipinski definition) is 1. The molecule has 0 spiro atoms. The molecule has 0 saturated heterocycles. The first-order chi connectivity index (χ1) is 9.08. The quantitative estimate of drug-likeness (QED) is 0.921. The Labute approximate surface area is 122 Å². The average molecular weight is 348 g/mol. The lowest BCUT2D eigenvalue weighted by Crippen LogP contribution is -2.06. The highest BCUT2D eigenvalue weighted by Crippen LogP contribution is 2.19. The van der Waals surface area contributed by atoms with Gasteiger partial charge in [-0.05, 0) is 35.4 Å². The van der Waals surface area contributed by atoms with E-state index in [1.54, 1.807) is 6.07 Å². The van der Waals surface area contributed by atoms with E-state index in [1.165, 1.54) is 19.2 Å². The molecule has 0 bridgehead atoms. The lowest BCUT2D eigenvalue weighted by molar-refractivity contribution is 0.379. The largest absolute Gasteiger partial charge is 0.467 e. The second kappa shape index (κ2) is 6.12. The van der Waals surface area contributed by atoms with E-state index in [4.69, 9.17) is 16.3 Å². The Kier molecular flexibility index (Phi) is 4.49. The summed E-state index contributed by atoms with van der Waals surface area (Å²) < 4.78 is 18.8. The van der Waals surface area contributed by atoms with Crippen LogP contribution in [0.5, 0.6) is 6.01 Å². The van der Waals surface area contributed by atoms with Gasteiger partial charge in [-0.15, -0.1) is 0 Å². The van der Waals surface area contributed by atoms with E-state index >= 15 is 0 Å². The van der Waals surface area contributed by atoms with Gasteiger partial charge in [-0.3, -0.25) is 0 Å². The molecule has 0 aliphatic carbocycles. The molecule has 0 aliphatic rings. The smallest absolute Gasteiger partial charge is 0.322 e. The minimum atomic E-state index is -0.314. The van der Waals surface area contributed by atoms with E-state index in [9.17, 15) is 4.39 Å². The van der Waals surface area contributed by atoms with Gasteiger partial charge in [-0.1, -0.05) is 15.9 Å². The standard InChI is InChI=1S/C11H9BrClFN4O/c1-19-11-17-9(13)16-10(18-11)15-5-6-4-7(14)2-3-8(6)12/h2-4H,5H2,1H3,(H,15,16,17,18). The molecule has 1 aromatic carbocycles. The Morgan fingerprint density at radius 2 is 2.16 bits per heavy atom. The molecule has 19 heavy (non-hydrogen) atoms. The predicted octanol–water partition coefficient (Wildman–Crippen LogP) is 3.05. The van der Waals surface area contributed by atoms with Crippen molar-refractivity contribution >= 4 is 33.5 Å². The summed E-state index contributed by atoms with van der Waals surface area (Å²) in [5.41, 5.74) is 0.732. The van der Waals surface area contributed by atoms with Gasteiger partial charge < -0.3 is 10.1 Å². The molecule has 0 unspecified atom stereocenters. The normalized spacial score (nSPS) is 10.3. The number of nitrogens with zero attached hydrogens (tertiary/aromatic N) is 3. The van der Waals surface area contributed by atoms with Crippen molar-refractivity contribution in [1.29, 1.82) is 0 Å². The molecule has 2 aromatic rings. The van der Waals surface area contributed by atoms with Gasteiger partial charge >= 0.3 is 6.01 Å². The third kappa shape index (κ3) is 3.74. The summed E-state index contributed by atoms with van der Waals surface area (Å²) in [6.07, 6.45) is 0. The Balaban J connectivity index is 2.14. The summed E-state index contributed by atoms with van der Waals surface area (Å²) in [4.78, 5) is 11.6. The molecule has 0 radical (unpaired) electrons. The molecule has 1 heterocycles. The highest BCUT2D eigenvalue weighted by molar-refractivity contribution is 9.10. The molecule has 0 atom stereocenters. The molecule has 0 aliphatic heterocycles. The number of halogens is 3. The van der Waals surface area contributed by atoms with Crippen molar-refractivity contribution in [3.63, 3.8) is 0 Å². The number of hydrogen-bond acceptors (Lipinski definition) is 5. The Bertz CT molecular complexity index is 599. The highest BCUT2D eigenvalue weighted by atomic mass is 79.9. The van der Waals surface area contributed by atoms with Gasteiger partial charge in [0.1, 0.15) is 5.82 Å². The van der Waals surface area contributed by atoms with E-state index in [-0.39, 0.29) is 23.1 Å². The summed E-state index contributed by atoms with van der Waals surface area (Å²) >= 11 is 9.05. The number of benzene rings is 1. The fourth-order valence-electron chi connectivity index (χ4n) is 1.36. The van der Waals surface area contributed by atoms with Gasteiger partial charge in [0, 0.05) is 11.0 Å². The van der Waals surface area contributed by atoms with E-state index in [1.807, 2.05) is 0 Å². The van der Waals surface area contributed by atoms with Crippen LogP contribution in [0, 0.1) is 5.82 Å². The third-order valence-electron chi connectivity index (χ3n) is 2.21. The van der Waals surface area contributed by atoms with E-state index in [0.29, 0.717) is 6.54 Å². The van der Waals surface area contributed by atoms with Gasteiger partial charge in [-0.25, -0.2) is 4.39 Å². The number of aromatic nitrogens is 3. The molecular formula is C11H9BrClFN4O. The van der Waals surface area contributed by atoms with Crippen LogP contribution in [0.15, 0.2) is 22.7 Å². The maximum Gasteiger partial charge on any atom is 0.322 e. The van der Waals surface area contributed by atoms with Gasteiger partial charge in [0.2, 0.25) is 11.2 Å². The monoisotopic (exact) mass is 346 g/mol. The first kappa shape index (κ1) is 14.0. The zero-order valence-electron chi connectivity index (χ0n) is 9.82. The lowest BCUT2D eigenvalue weighted by Gasteiger charge is -2.08. The number of methoxy groups -OCH3 is 1. The molecule has 2 rings (SSSR count). The van der Waals surface area contributed by atoms with Crippen LogP contribution in [-0.4, -0.2) is 22.1 Å². The summed E-state index contributed by atoms with van der Waals surface area (Å²) in [5.74, 6) is -0.0562. The Morgan fingerprint density at radius 3 is 2.89 bits per heavy atom. The molecular weight excluding hydrogens is 339 g/mol. The molecule has 0 amide bonds. The Hall–Kier alpha value is -1.47. The number of anilines is 1. The van der Waals surface area contributed by atoms with Crippen molar-refractivity contribution in [2.75, 3.05) is 12.4 Å². The van der Waals surface area contributed by atoms with Crippen molar-refractivity contribution in [2.45, 2.75) is 6.54 Å². The molecule has 100 valence electrons. The van der Waals surface area contributed by atoms with Crippen LogP contribution in [0.4, 0.5) is 10.3 Å². The summed E-state index contributed by atoms with van der Waals surface area (Å²) in [5, 5.41) is 2.94. The fourth-order valence-corrected chi connectivity index (χ4v) is 1.89. The average Bonchev–Trinajstić information content (AvgIpc) is 2.39.